The number of β-amino-alcohol motifs (C(OH)–C–C–N with tert-alkyl or cyclic N) is 1. The quantitative estimate of drug-likeness (QED) is 0.826. The molecule has 1 heterocycles. The zero-order chi connectivity index (χ0) is 14.4. The second-order valence-corrected chi connectivity index (χ2v) is 7.30. The number of nitrogen functional groups attached to an aromatic ring is 1. The number of nitrogens with two attached hydrogens (primary N) is 1. The predicted molar refractivity (Wildman–Crippen MR) is 74.6 cm³/mol. The zero-order valence-corrected chi connectivity index (χ0v) is 12.4. The summed E-state index contributed by atoms with van der Waals surface area (Å²) < 4.78 is 26.1. The maximum absolute atomic E-state index is 12.4. The van der Waals surface area contributed by atoms with Gasteiger partial charge in [0.25, 0.3) is 0 Å². The van der Waals surface area contributed by atoms with E-state index in [1.165, 1.54) is 16.4 Å². The molecular formula is C12H17ClN2O3S. The number of aryl methyl sites for hydroxylation is 1. The average molecular weight is 305 g/mol. The summed E-state index contributed by atoms with van der Waals surface area (Å²) in [7, 11) is -3.62. The standard InChI is InChI=1S/C12H17ClN2O3S/c1-3-12(16)6-15(7-12)19(17,18)11-5-10(14)9(13)4-8(11)2/h4-5,16H,3,6-7,14H2,1-2H3. The summed E-state index contributed by atoms with van der Waals surface area (Å²) in [6.07, 6.45) is 0.529. The van der Waals surface area contributed by atoms with E-state index in [4.69, 9.17) is 17.3 Å². The van der Waals surface area contributed by atoms with Crippen molar-refractivity contribution in [3.8, 4) is 0 Å². The summed E-state index contributed by atoms with van der Waals surface area (Å²) >= 11 is 5.86. The van der Waals surface area contributed by atoms with Crippen molar-refractivity contribution >= 4 is 27.3 Å². The van der Waals surface area contributed by atoms with Gasteiger partial charge in [0.1, 0.15) is 0 Å². The van der Waals surface area contributed by atoms with Crippen LogP contribution >= 0.6 is 11.6 Å². The van der Waals surface area contributed by atoms with Crippen molar-refractivity contribution in [3.63, 3.8) is 0 Å². The average Bonchev–Trinajstić information content (AvgIpc) is 2.29. The van der Waals surface area contributed by atoms with Crippen LogP contribution in [-0.4, -0.2) is 36.5 Å². The molecule has 1 aliphatic heterocycles. The Morgan fingerprint density at radius 3 is 2.58 bits per heavy atom. The molecule has 1 aromatic carbocycles. The number of anilines is 1. The molecule has 0 saturated carbocycles. The summed E-state index contributed by atoms with van der Waals surface area (Å²) in [5.41, 5.74) is 5.54. The van der Waals surface area contributed by atoms with Crippen LogP contribution in [0.25, 0.3) is 0 Å². The van der Waals surface area contributed by atoms with Crippen LogP contribution in [-0.2, 0) is 10.0 Å². The van der Waals surface area contributed by atoms with Gasteiger partial charge in [0.15, 0.2) is 0 Å². The maximum atomic E-state index is 12.4. The maximum Gasteiger partial charge on any atom is 0.243 e. The third-order valence-corrected chi connectivity index (χ3v) is 5.77. The van der Waals surface area contributed by atoms with Crippen LogP contribution < -0.4 is 5.73 Å². The van der Waals surface area contributed by atoms with Gasteiger partial charge in [-0.25, -0.2) is 8.42 Å². The molecule has 0 aromatic heterocycles. The lowest BCUT2D eigenvalue weighted by atomic mass is 9.94. The summed E-state index contributed by atoms with van der Waals surface area (Å²) in [6.45, 7) is 3.74. The second-order valence-electron chi connectivity index (χ2n) is 4.99. The summed E-state index contributed by atoms with van der Waals surface area (Å²) in [5.74, 6) is 0. The molecule has 0 bridgehead atoms. The Bertz CT molecular complexity index is 610. The molecule has 1 fully saturated rings. The monoisotopic (exact) mass is 304 g/mol. The summed E-state index contributed by atoms with van der Waals surface area (Å²) in [6, 6.07) is 2.91. The van der Waals surface area contributed by atoms with Crippen molar-refractivity contribution in [2.75, 3.05) is 18.8 Å². The van der Waals surface area contributed by atoms with Gasteiger partial charge in [-0.2, -0.15) is 4.31 Å². The van der Waals surface area contributed by atoms with Crippen LogP contribution in [0.15, 0.2) is 17.0 Å². The van der Waals surface area contributed by atoms with E-state index in [1.807, 2.05) is 6.92 Å². The smallest absolute Gasteiger partial charge is 0.243 e. The number of sulfonamides is 1. The van der Waals surface area contributed by atoms with Gasteiger partial charge in [-0.05, 0) is 31.0 Å². The fourth-order valence-corrected chi connectivity index (χ4v) is 4.15. The van der Waals surface area contributed by atoms with Crippen LogP contribution in [0.1, 0.15) is 18.9 Å². The van der Waals surface area contributed by atoms with Crippen molar-refractivity contribution in [2.45, 2.75) is 30.8 Å². The van der Waals surface area contributed by atoms with E-state index in [9.17, 15) is 13.5 Å². The van der Waals surface area contributed by atoms with Crippen molar-refractivity contribution in [2.24, 2.45) is 0 Å². The Morgan fingerprint density at radius 1 is 1.47 bits per heavy atom. The number of nitrogens with zero attached hydrogens (tertiary/aromatic N) is 1. The SMILES string of the molecule is CCC1(O)CN(S(=O)(=O)c2cc(N)c(Cl)cc2C)C1. The lowest BCUT2D eigenvalue weighted by Gasteiger charge is -2.45. The van der Waals surface area contributed by atoms with E-state index in [-0.39, 0.29) is 23.7 Å². The molecule has 7 heteroatoms. The van der Waals surface area contributed by atoms with Gasteiger partial charge in [0.05, 0.1) is 21.2 Å². The number of hydrogen-bond donors (Lipinski definition) is 2. The molecule has 0 amide bonds. The van der Waals surface area contributed by atoms with E-state index in [1.54, 1.807) is 6.92 Å². The minimum atomic E-state index is -3.62. The molecule has 1 saturated heterocycles. The molecule has 2 rings (SSSR count). The van der Waals surface area contributed by atoms with Crippen molar-refractivity contribution < 1.29 is 13.5 Å². The van der Waals surface area contributed by atoms with E-state index >= 15 is 0 Å². The van der Waals surface area contributed by atoms with Gasteiger partial charge < -0.3 is 10.8 Å². The highest BCUT2D eigenvalue weighted by molar-refractivity contribution is 7.89. The highest BCUT2D eigenvalue weighted by Gasteiger charge is 2.46. The highest BCUT2D eigenvalue weighted by atomic mass is 35.5. The molecule has 5 nitrogen and oxygen atoms in total. The third-order valence-electron chi connectivity index (χ3n) is 3.51. The van der Waals surface area contributed by atoms with Crippen molar-refractivity contribution in [1.29, 1.82) is 0 Å². The van der Waals surface area contributed by atoms with Crippen molar-refractivity contribution in [3.05, 3.63) is 22.7 Å². The molecule has 0 unspecified atom stereocenters. The number of aliphatic hydroxyl groups is 1. The lowest BCUT2D eigenvalue weighted by Crippen LogP contribution is -2.62. The topological polar surface area (TPSA) is 83.6 Å². The Balaban J connectivity index is 2.35. The second kappa shape index (κ2) is 4.63. The number of halogens is 1. The first-order valence-electron chi connectivity index (χ1n) is 5.98. The van der Waals surface area contributed by atoms with Gasteiger partial charge in [-0.3, -0.25) is 0 Å². The Morgan fingerprint density at radius 2 is 2.05 bits per heavy atom. The molecule has 1 aromatic rings. The van der Waals surface area contributed by atoms with Gasteiger partial charge >= 0.3 is 0 Å². The van der Waals surface area contributed by atoms with E-state index in [0.717, 1.165) is 0 Å². The zero-order valence-electron chi connectivity index (χ0n) is 10.9. The molecule has 3 N–H and O–H groups in total. The number of hydrogen-bond acceptors (Lipinski definition) is 4. The fraction of sp³-hybridized carbons (Fsp3) is 0.500. The van der Waals surface area contributed by atoms with Gasteiger partial charge in [-0.1, -0.05) is 18.5 Å². The van der Waals surface area contributed by atoms with E-state index in [0.29, 0.717) is 17.0 Å². The van der Waals surface area contributed by atoms with E-state index < -0.39 is 15.6 Å². The largest absolute Gasteiger partial charge is 0.397 e. The van der Waals surface area contributed by atoms with Gasteiger partial charge in [-0.15, -0.1) is 0 Å². The van der Waals surface area contributed by atoms with Crippen molar-refractivity contribution in [1.82, 2.24) is 4.31 Å². The Labute approximate surface area is 118 Å². The van der Waals surface area contributed by atoms with Crippen LogP contribution in [0.5, 0.6) is 0 Å². The molecule has 0 atom stereocenters. The first kappa shape index (κ1) is 14.6. The highest BCUT2D eigenvalue weighted by Crippen LogP contribution is 2.33. The van der Waals surface area contributed by atoms with Crippen LogP contribution in [0, 0.1) is 6.92 Å². The first-order chi connectivity index (χ1) is 8.69. The number of benzene rings is 1. The lowest BCUT2D eigenvalue weighted by molar-refractivity contribution is -0.0613. The molecular weight excluding hydrogens is 288 g/mol. The molecule has 0 aliphatic carbocycles. The Kier molecular flexibility index (Phi) is 3.55. The van der Waals surface area contributed by atoms with Gasteiger partial charge in [0.2, 0.25) is 10.0 Å². The van der Waals surface area contributed by atoms with Crippen LogP contribution in [0.4, 0.5) is 5.69 Å². The molecule has 1 aliphatic rings. The molecule has 0 spiro atoms. The molecule has 19 heavy (non-hydrogen) atoms. The molecule has 106 valence electrons. The Hall–Kier alpha value is -0.820. The van der Waals surface area contributed by atoms with Gasteiger partial charge in [0, 0.05) is 13.1 Å². The van der Waals surface area contributed by atoms with Crippen LogP contribution in [0.2, 0.25) is 5.02 Å². The minimum Gasteiger partial charge on any atom is -0.397 e. The minimum absolute atomic E-state index is 0.119. The summed E-state index contributed by atoms with van der Waals surface area (Å²) in [4.78, 5) is 0.146. The normalized spacial score (nSPS) is 19.2. The first-order valence-corrected chi connectivity index (χ1v) is 7.79. The van der Waals surface area contributed by atoms with Crippen LogP contribution in [0.3, 0.4) is 0 Å². The van der Waals surface area contributed by atoms with E-state index in [2.05, 4.69) is 0 Å². The third kappa shape index (κ3) is 2.45. The molecule has 0 radical (unpaired) electrons. The predicted octanol–water partition coefficient (Wildman–Crippen LogP) is 1.38. The summed E-state index contributed by atoms with van der Waals surface area (Å²) in [5, 5.41) is 10.3. The fourth-order valence-electron chi connectivity index (χ4n) is 2.09. The number of rotatable bonds is 3.